The lowest BCUT2D eigenvalue weighted by Crippen LogP contribution is -1.97. The Hall–Kier alpha value is -1.19. The molecule has 4 heteroatoms. The minimum absolute atomic E-state index is 0.694. The van der Waals surface area contributed by atoms with E-state index in [1.807, 2.05) is 43.3 Å². The summed E-state index contributed by atoms with van der Waals surface area (Å²) in [4.78, 5) is 0. The fourth-order valence-electron chi connectivity index (χ4n) is 1.53. The van der Waals surface area contributed by atoms with Gasteiger partial charge in [-0.15, -0.1) is 0 Å². The van der Waals surface area contributed by atoms with E-state index in [4.69, 9.17) is 17.3 Å². The third-order valence-electron chi connectivity index (χ3n) is 2.41. The largest absolute Gasteiger partial charge is 0.397 e. The molecule has 0 unspecified atom stereocenters. The monoisotopic (exact) mass is 310 g/mol. The van der Waals surface area contributed by atoms with Crippen LogP contribution in [0.3, 0.4) is 0 Å². The number of nitrogens with two attached hydrogens (primary N) is 1. The Balaban J connectivity index is 2.31. The van der Waals surface area contributed by atoms with Crippen molar-refractivity contribution >= 4 is 44.6 Å². The Kier molecular flexibility index (Phi) is 3.60. The smallest absolute Gasteiger partial charge is 0.0618 e. The number of aryl methyl sites for hydroxylation is 1. The van der Waals surface area contributed by atoms with Crippen molar-refractivity contribution in [1.82, 2.24) is 0 Å². The van der Waals surface area contributed by atoms with Crippen LogP contribution in [0.5, 0.6) is 0 Å². The molecule has 0 heterocycles. The van der Waals surface area contributed by atoms with Gasteiger partial charge in [-0.3, -0.25) is 0 Å². The lowest BCUT2D eigenvalue weighted by molar-refractivity contribution is 1.45. The zero-order valence-corrected chi connectivity index (χ0v) is 11.6. The summed E-state index contributed by atoms with van der Waals surface area (Å²) in [6, 6.07) is 11.5. The highest BCUT2D eigenvalue weighted by Gasteiger charge is 2.03. The van der Waals surface area contributed by atoms with Gasteiger partial charge in [0.15, 0.2) is 0 Å². The van der Waals surface area contributed by atoms with Crippen molar-refractivity contribution in [1.29, 1.82) is 0 Å². The molecule has 88 valence electrons. The highest BCUT2D eigenvalue weighted by molar-refractivity contribution is 9.10. The Morgan fingerprint density at radius 2 is 1.82 bits per heavy atom. The number of rotatable bonds is 2. The number of halogens is 2. The summed E-state index contributed by atoms with van der Waals surface area (Å²) in [6.07, 6.45) is 0. The van der Waals surface area contributed by atoms with Crippen LogP contribution >= 0.6 is 27.5 Å². The minimum atomic E-state index is 0.694. The number of hydrogen-bond donors (Lipinski definition) is 2. The molecule has 0 saturated heterocycles. The van der Waals surface area contributed by atoms with Gasteiger partial charge in [-0.25, -0.2) is 0 Å². The second-order valence-corrected chi connectivity index (χ2v) is 5.13. The van der Waals surface area contributed by atoms with E-state index < -0.39 is 0 Å². The van der Waals surface area contributed by atoms with E-state index in [1.165, 1.54) is 0 Å². The number of hydrogen-bond acceptors (Lipinski definition) is 2. The SMILES string of the molecule is Cc1ccc(Nc2ccc(Cl)cc2Br)c(N)c1. The second-order valence-electron chi connectivity index (χ2n) is 3.84. The summed E-state index contributed by atoms with van der Waals surface area (Å²) in [6.45, 7) is 2.01. The molecule has 0 aliphatic heterocycles. The summed E-state index contributed by atoms with van der Waals surface area (Å²) in [5.41, 5.74) is 9.64. The molecule has 0 radical (unpaired) electrons. The number of benzene rings is 2. The van der Waals surface area contributed by atoms with E-state index in [1.54, 1.807) is 0 Å². The molecule has 0 saturated carbocycles. The van der Waals surface area contributed by atoms with Gasteiger partial charge in [0.05, 0.1) is 17.1 Å². The van der Waals surface area contributed by atoms with Crippen LogP contribution in [-0.4, -0.2) is 0 Å². The van der Waals surface area contributed by atoms with Gasteiger partial charge in [0.2, 0.25) is 0 Å². The average molecular weight is 312 g/mol. The van der Waals surface area contributed by atoms with Gasteiger partial charge in [0, 0.05) is 9.50 Å². The van der Waals surface area contributed by atoms with Gasteiger partial charge in [-0.05, 0) is 58.7 Å². The van der Waals surface area contributed by atoms with Gasteiger partial charge in [0.1, 0.15) is 0 Å². The zero-order chi connectivity index (χ0) is 12.4. The normalized spacial score (nSPS) is 10.3. The first-order valence-electron chi connectivity index (χ1n) is 5.14. The molecule has 0 atom stereocenters. The van der Waals surface area contributed by atoms with Crippen LogP contribution in [-0.2, 0) is 0 Å². The lowest BCUT2D eigenvalue weighted by atomic mass is 10.2. The first-order chi connectivity index (χ1) is 8.06. The van der Waals surface area contributed by atoms with Crippen molar-refractivity contribution in [3.05, 3.63) is 51.5 Å². The van der Waals surface area contributed by atoms with Crippen molar-refractivity contribution in [2.45, 2.75) is 6.92 Å². The molecule has 2 nitrogen and oxygen atoms in total. The highest BCUT2D eigenvalue weighted by Crippen LogP contribution is 2.30. The van der Waals surface area contributed by atoms with E-state index in [0.29, 0.717) is 5.02 Å². The van der Waals surface area contributed by atoms with Crippen molar-refractivity contribution in [3.63, 3.8) is 0 Å². The number of nitrogen functional groups attached to an aromatic ring is 1. The summed E-state index contributed by atoms with van der Waals surface area (Å²) >= 11 is 9.35. The topological polar surface area (TPSA) is 38.0 Å². The Bertz CT molecular complexity index is 506. The van der Waals surface area contributed by atoms with E-state index in [9.17, 15) is 0 Å². The Labute approximate surface area is 114 Å². The average Bonchev–Trinajstić information content (AvgIpc) is 2.25. The van der Waals surface area contributed by atoms with E-state index in [2.05, 4.69) is 21.2 Å². The third kappa shape index (κ3) is 2.93. The first-order valence-corrected chi connectivity index (χ1v) is 6.31. The molecular weight excluding hydrogens is 300 g/mol. The van der Waals surface area contributed by atoms with Crippen LogP contribution in [0.1, 0.15) is 5.56 Å². The Morgan fingerprint density at radius 3 is 2.47 bits per heavy atom. The maximum Gasteiger partial charge on any atom is 0.0618 e. The van der Waals surface area contributed by atoms with Gasteiger partial charge in [0.25, 0.3) is 0 Å². The van der Waals surface area contributed by atoms with E-state index >= 15 is 0 Å². The molecule has 2 rings (SSSR count). The fraction of sp³-hybridized carbons (Fsp3) is 0.0769. The maximum atomic E-state index is 5.95. The minimum Gasteiger partial charge on any atom is -0.397 e. The standard InChI is InChI=1S/C13H12BrClN2/c1-8-2-4-13(11(16)6-8)17-12-5-3-9(15)7-10(12)14/h2-7,17H,16H2,1H3. The highest BCUT2D eigenvalue weighted by atomic mass is 79.9. The molecule has 2 aromatic rings. The summed E-state index contributed by atoms with van der Waals surface area (Å²) < 4.78 is 0.907. The fourth-order valence-corrected chi connectivity index (χ4v) is 2.31. The van der Waals surface area contributed by atoms with Gasteiger partial charge in [-0.1, -0.05) is 17.7 Å². The molecule has 2 aromatic carbocycles. The van der Waals surface area contributed by atoms with Crippen molar-refractivity contribution < 1.29 is 0 Å². The lowest BCUT2D eigenvalue weighted by Gasteiger charge is -2.11. The quantitative estimate of drug-likeness (QED) is 0.786. The molecule has 3 N–H and O–H groups in total. The predicted molar refractivity (Wildman–Crippen MR) is 78.0 cm³/mol. The number of anilines is 3. The van der Waals surface area contributed by atoms with Gasteiger partial charge >= 0.3 is 0 Å². The first kappa shape index (κ1) is 12.3. The molecule has 0 bridgehead atoms. The summed E-state index contributed by atoms with van der Waals surface area (Å²) in [7, 11) is 0. The third-order valence-corrected chi connectivity index (χ3v) is 3.30. The van der Waals surface area contributed by atoms with Crippen LogP contribution < -0.4 is 11.1 Å². The molecular formula is C13H12BrClN2. The molecule has 0 amide bonds. The Morgan fingerprint density at radius 1 is 1.12 bits per heavy atom. The molecule has 17 heavy (non-hydrogen) atoms. The molecule has 0 spiro atoms. The van der Waals surface area contributed by atoms with E-state index in [0.717, 1.165) is 27.1 Å². The van der Waals surface area contributed by atoms with Crippen molar-refractivity contribution in [2.75, 3.05) is 11.1 Å². The summed E-state index contributed by atoms with van der Waals surface area (Å²) in [5, 5.41) is 3.96. The van der Waals surface area contributed by atoms with Crippen molar-refractivity contribution in [3.8, 4) is 0 Å². The summed E-state index contributed by atoms with van der Waals surface area (Å²) in [5.74, 6) is 0. The van der Waals surface area contributed by atoms with Gasteiger partial charge < -0.3 is 11.1 Å². The van der Waals surface area contributed by atoms with Crippen LogP contribution in [0.25, 0.3) is 0 Å². The van der Waals surface area contributed by atoms with E-state index in [-0.39, 0.29) is 0 Å². The van der Waals surface area contributed by atoms with Crippen molar-refractivity contribution in [2.24, 2.45) is 0 Å². The second kappa shape index (κ2) is 4.98. The molecule has 0 fully saturated rings. The molecule has 0 aliphatic carbocycles. The zero-order valence-electron chi connectivity index (χ0n) is 9.30. The maximum absolute atomic E-state index is 5.95. The van der Waals surface area contributed by atoms with Crippen LogP contribution in [0, 0.1) is 6.92 Å². The van der Waals surface area contributed by atoms with Crippen LogP contribution in [0.2, 0.25) is 5.02 Å². The predicted octanol–water partition coefficient (Wildman–Crippen LogP) is 4.74. The van der Waals surface area contributed by atoms with Gasteiger partial charge in [-0.2, -0.15) is 0 Å². The van der Waals surface area contributed by atoms with Crippen LogP contribution in [0.4, 0.5) is 17.1 Å². The molecule has 0 aliphatic rings. The molecule has 0 aromatic heterocycles. The van der Waals surface area contributed by atoms with Crippen LogP contribution in [0.15, 0.2) is 40.9 Å². The number of nitrogens with one attached hydrogen (secondary N) is 1.